The van der Waals surface area contributed by atoms with Crippen LogP contribution in [0.3, 0.4) is 0 Å². The van der Waals surface area contributed by atoms with E-state index in [1.807, 2.05) is 56.0 Å². The molecule has 3 aliphatic rings. The van der Waals surface area contributed by atoms with E-state index < -0.39 is 53.3 Å². The zero-order valence-corrected chi connectivity index (χ0v) is 34.5. The monoisotopic (exact) mass is 834 g/mol. The van der Waals surface area contributed by atoms with Crippen LogP contribution < -0.4 is 10.1 Å². The Morgan fingerprint density at radius 1 is 0.917 bits per heavy atom. The van der Waals surface area contributed by atoms with Gasteiger partial charge in [0.1, 0.15) is 29.2 Å². The predicted molar refractivity (Wildman–Crippen MR) is 217 cm³/mol. The number of nitro benzene ring substituents is 1. The maximum absolute atomic E-state index is 15.0. The molecule has 15 nitrogen and oxygen atoms in total. The summed E-state index contributed by atoms with van der Waals surface area (Å²) in [4.78, 5) is 66.4. The van der Waals surface area contributed by atoms with Gasteiger partial charge in [-0.05, 0) is 88.3 Å². The number of benzene rings is 3. The molecule has 0 saturated carbocycles. The van der Waals surface area contributed by atoms with Crippen LogP contribution in [0.1, 0.15) is 64.5 Å². The minimum Gasteiger partial charge on any atom is -0.456 e. The van der Waals surface area contributed by atoms with Crippen molar-refractivity contribution in [3.8, 4) is 5.75 Å². The number of likely N-dealkylation sites (tertiary alicyclic amines) is 2. The lowest BCUT2D eigenvalue weighted by Gasteiger charge is -2.44. The largest absolute Gasteiger partial charge is 0.456 e. The van der Waals surface area contributed by atoms with Gasteiger partial charge in [0.05, 0.1) is 16.7 Å². The predicted octanol–water partition coefficient (Wildman–Crippen LogP) is 6.92. The fourth-order valence-electron chi connectivity index (χ4n) is 7.26. The van der Waals surface area contributed by atoms with Crippen LogP contribution in [0.2, 0.25) is 0 Å². The van der Waals surface area contributed by atoms with E-state index in [1.54, 1.807) is 18.1 Å². The van der Waals surface area contributed by atoms with Gasteiger partial charge in [-0.15, -0.1) is 0 Å². The van der Waals surface area contributed by atoms with Crippen molar-refractivity contribution >= 4 is 35.4 Å². The molecule has 0 aliphatic carbocycles. The topological polar surface area (TPSA) is 164 Å². The van der Waals surface area contributed by atoms with Crippen LogP contribution >= 0.6 is 0 Å². The summed E-state index contributed by atoms with van der Waals surface area (Å²) in [5.74, 6) is -2.32. The summed E-state index contributed by atoms with van der Waals surface area (Å²) in [5, 5.41) is 14.3. The Labute approximate surface area is 348 Å². The van der Waals surface area contributed by atoms with E-state index in [2.05, 4.69) is 5.32 Å². The number of nitro groups is 1. The van der Waals surface area contributed by atoms with Gasteiger partial charge < -0.3 is 39.1 Å². The molecule has 3 amide bonds. The van der Waals surface area contributed by atoms with Crippen LogP contribution in [-0.4, -0.2) is 106 Å². The number of amides is 3. The third-order valence-electron chi connectivity index (χ3n) is 10.2. The number of carbonyl (C=O) groups excluding carboxylic acids is 4. The van der Waals surface area contributed by atoms with Crippen molar-refractivity contribution in [3.63, 3.8) is 0 Å². The lowest BCUT2D eigenvalue weighted by atomic mass is 9.86. The standard InChI is InChI=1S/C34H35F2N5O7.C9H17NO2/c1-22(42)47-21-31(43)38(2)32(24-14-16-39(17-15-24)34(44)48-27-11-9-26(10-12-27)41(45)46)33-37-30(28-18-25(35)8-13-29(28)36)20-40(33)19-23-6-4-3-5-7-23;1-9(2,3)12-8(11)10-6-4-5-7-10/h3-13,18,20,24,32-33,37H,14-17,19,21H2,1-2H3;4-7H2,1-3H3. The number of nitrogens with one attached hydrogen (secondary N) is 1. The van der Waals surface area contributed by atoms with Crippen LogP contribution in [0, 0.1) is 27.7 Å². The summed E-state index contributed by atoms with van der Waals surface area (Å²) in [7, 11) is 1.61. The molecule has 2 atom stereocenters. The summed E-state index contributed by atoms with van der Waals surface area (Å²) in [6.45, 7) is 9.05. The molecule has 0 radical (unpaired) electrons. The Balaban J connectivity index is 0.000000489. The quantitative estimate of drug-likeness (QED) is 0.128. The van der Waals surface area contributed by atoms with Gasteiger partial charge in [0.15, 0.2) is 6.61 Å². The first kappa shape index (κ1) is 44.8. The van der Waals surface area contributed by atoms with Gasteiger partial charge >= 0.3 is 18.2 Å². The fourth-order valence-corrected chi connectivity index (χ4v) is 7.26. The van der Waals surface area contributed by atoms with E-state index in [1.165, 1.54) is 41.0 Å². The van der Waals surface area contributed by atoms with E-state index in [4.69, 9.17) is 14.2 Å². The minimum atomic E-state index is -0.619. The fraction of sp³-hybridized carbons (Fsp3) is 0.442. The molecule has 2 unspecified atom stereocenters. The molecular formula is C43H52F2N6O9. The van der Waals surface area contributed by atoms with E-state index in [9.17, 15) is 38.1 Å². The van der Waals surface area contributed by atoms with Gasteiger partial charge in [-0.2, -0.15) is 0 Å². The number of nitrogens with zero attached hydrogens (tertiary/aromatic N) is 5. The summed E-state index contributed by atoms with van der Waals surface area (Å²) in [5.41, 5.74) is 0.821. The SMILES string of the molecule is CC(=O)OCC(=O)N(C)C(C1CCN(C(=O)Oc2ccc([N+](=O)[O-])cc2)CC1)C1NC(c2cc(F)ccc2F)=CN1Cc1ccccc1.CC(C)(C)OC(=O)N1CCCC1. The lowest BCUT2D eigenvalue weighted by Crippen LogP contribution is -2.59. The number of esters is 1. The second-order valence-corrected chi connectivity index (χ2v) is 15.8. The zero-order chi connectivity index (χ0) is 43.6. The number of rotatable bonds is 10. The first-order chi connectivity index (χ1) is 28.5. The number of halogens is 2. The highest BCUT2D eigenvalue weighted by Gasteiger charge is 2.43. The second-order valence-electron chi connectivity index (χ2n) is 15.8. The molecular weight excluding hydrogens is 783 g/mol. The van der Waals surface area contributed by atoms with Gasteiger partial charge in [-0.1, -0.05) is 30.3 Å². The van der Waals surface area contributed by atoms with Crippen LogP contribution in [0.5, 0.6) is 5.75 Å². The van der Waals surface area contributed by atoms with Gasteiger partial charge in [-0.25, -0.2) is 18.4 Å². The Hall–Kier alpha value is -6.26. The average molecular weight is 835 g/mol. The molecule has 3 heterocycles. The molecule has 0 bridgehead atoms. The third kappa shape index (κ3) is 12.4. The summed E-state index contributed by atoms with van der Waals surface area (Å²) in [6.07, 6.45) is 3.44. The first-order valence-electron chi connectivity index (χ1n) is 19.8. The summed E-state index contributed by atoms with van der Waals surface area (Å²) in [6, 6.07) is 17.4. The van der Waals surface area contributed by atoms with Crippen molar-refractivity contribution in [1.29, 1.82) is 0 Å². The van der Waals surface area contributed by atoms with E-state index in [-0.39, 0.29) is 47.7 Å². The van der Waals surface area contributed by atoms with Crippen molar-refractivity contribution in [2.45, 2.75) is 77.7 Å². The highest BCUT2D eigenvalue weighted by atomic mass is 19.1. The Morgan fingerprint density at radius 2 is 1.55 bits per heavy atom. The van der Waals surface area contributed by atoms with Crippen LogP contribution in [-0.2, 0) is 25.6 Å². The van der Waals surface area contributed by atoms with Crippen molar-refractivity contribution in [3.05, 3.63) is 112 Å². The van der Waals surface area contributed by atoms with Crippen LogP contribution in [0.4, 0.5) is 24.1 Å². The molecule has 0 spiro atoms. The average Bonchev–Trinajstić information content (AvgIpc) is 3.90. The number of hydrogen-bond donors (Lipinski definition) is 1. The molecule has 0 aromatic heterocycles. The van der Waals surface area contributed by atoms with Crippen LogP contribution in [0.15, 0.2) is 79.0 Å². The molecule has 3 aromatic carbocycles. The Kier molecular flexibility index (Phi) is 15.0. The number of non-ortho nitro benzene ring substituents is 1. The van der Waals surface area contributed by atoms with E-state index >= 15 is 0 Å². The van der Waals surface area contributed by atoms with Crippen LogP contribution in [0.25, 0.3) is 5.70 Å². The number of likely N-dealkylation sites (N-methyl/N-ethyl adjacent to an activating group) is 1. The molecule has 6 rings (SSSR count). The zero-order valence-electron chi connectivity index (χ0n) is 34.5. The summed E-state index contributed by atoms with van der Waals surface area (Å²) >= 11 is 0. The molecule has 3 aromatic rings. The van der Waals surface area contributed by atoms with Gasteiger partial charge in [0.2, 0.25) is 0 Å². The highest BCUT2D eigenvalue weighted by molar-refractivity contribution is 5.80. The molecule has 2 saturated heterocycles. The van der Waals surface area contributed by atoms with E-state index in [0.29, 0.717) is 25.1 Å². The third-order valence-corrected chi connectivity index (χ3v) is 10.2. The molecule has 2 fully saturated rings. The molecule has 3 aliphatic heterocycles. The normalized spacial score (nSPS) is 17.1. The smallest absolute Gasteiger partial charge is 0.415 e. The number of hydrogen-bond acceptors (Lipinski definition) is 11. The highest BCUT2D eigenvalue weighted by Crippen LogP contribution is 2.34. The number of ether oxygens (including phenoxy) is 3. The number of carbonyl (C=O) groups is 4. The lowest BCUT2D eigenvalue weighted by molar-refractivity contribution is -0.384. The van der Waals surface area contributed by atoms with Crippen molar-refractivity contribution in [1.82, 2.24) is 24.9 Å². The Bertz CT molecular complexity index is 2010. The molecule has 60 heavy (non-hydrogen) atoms. The van der Waals surface area contributed by atoms with Crippen molar-refractivity contribution < 1.29 is 47.1 Å². The second kappa shape index (κ2) is 20.1. The molecule has 17 heteroatoms. The molecule has 322 valence electrons. The first-order valence-corrected chi connectivity index (χ1v) is 19.8. The maximum atomic E-state index is 15.0. The van der Waals surface area contributed by atoms with E-state index in [0.717, 1.165) is 49.7 Å². The van der Waals surface area contributed by atoms with Crippen molar-refractivity contribution in [2.75, 3.05) is 39.8 Å². The van der Waals surface area contributed by atoms with Gasteiger partial charge in [-0.3, -0.25) is 19.7 Å². The molecule has 1 N–H and O–H groups in total. The van der Waals surface area contributed by atoms with Crippen molar-refractivity contribution in [2.24, 2.45) is 5.92 Å². The van der Waals surface area contributed by atoms with Gasteiger partial charge in [0, 0.05) is 70.6 Å². The Morgan fingerprint density at radius 3 is 2.15 bits per heavy atom. The minimum absolute atomic E-state index is 0.0343. The summed E-state index contributed by atoms with van der Waals surface area (Å²) < 4.78 is 44.9. The van der Waals surface area contributed by atoms with Gasteiger partial charge in [0.25, 0.3) is 11.6 Å². The maximum Gasteiger partial charge on any atom is 0.415 e. The number of piperidine rings is 1.